The molecule has 0 atom stereocenters. The van der Waals surface area contributed by atoms with Crippen molar-refractivity contribution in [1.29, 1.82) is 0 Å². The van der Waals surface area contributed by atoms with Crippen LogP contribution in [0, 0.1) is 0 Å². The lowest BCUT2D eigenvalue weighted by Gasteiger charge is -2.23. The number of amides is 1. The van der Waals surface area contributed by atoms with E-state index >= 15 is 0 Å². The predicted octanol–water partition coefficient (Wildman–Crippen LogP) is 3.10. The summed E-state index contributed by atoms with van der Waals surface area (Å²) in [6.45, 7) is 4.83. The number of carbonyl (C=O) groups is 1. The highest BCUT2D eigenvalue weighted by Gasteiger charge is 2.18. The van der Waals surface area contributed by atoms with E-state index in [1.807, 2.05) is 12.1 Å². The second-order valence-corrected chi connectivity index (χ2v) is 6.45. The molecule has 1 aromatic carbocycles. The van der Waals surface area contributed by atoms with Gasteiger partial charge in [-0.2, -0.15) is 0 Å². The topological polar surface area (TPSA) is 35.6 Å². The Morgan fingerprint density at radius 1 is 0.909 bits per heavy atom. The number of nitrogens with one attached hydrogen (secondary N) is 1. The number of benzene rings is 1. The number of carbonyl (C=O) groups excluding carboxylic acids is 1. The summed E-state index contributed by atoms with van der Waals surface area (Å²) in [5, 5.41) is 3.13. The van der Waals surface area contributed by atoms with E-state index in [0.717, 1.165) is 31.9 Å². The Bertz CT molecular complexity index is 489. The third kappa shape index (κ3) is 4.01. The number of anilines is 2. The van der Waals surface area contributed by atoms with Crippen molar-refractivity contribution in [2.75, 3.05) is 42.9 Å². The first-order valence-corrected chi connectivity index (χ1v) is 8.69. The first-order valence-electron chi connectivity index (χ1n) is 8.69. The van der Waals surface area contributed by atoms with Crippen LogP contribution in [0.1, 0.15) is 38.5 Å². The van der Waals surface area contributed by atoms with Crippen LogP contribution in [0.25, 0.3) is 0 Å². The average Bonchev–Trinajstić information content (AvgIpc) is 2.93. The lowest BCUT2D eigenvalue weighted by atomic mass is 10.2. The lowest BCUT2D eigenvalue weighted by Crippen LogP contribution is -2.34. The monoisotopic (exact) mass is 301 g/mol. The number of nitrogens with zero attached hydrogens (tertiary/aromatic N) is 2. The lowest BCUT2D eigenvalue weighted by molar-refractivity contribution is -0.117. The van der Waals surface area contributed by atoms with E-state index in [0.29, 0.717) is 6.54 Å². The van der Waals surface area contributed by atoms with Gasteiger partial charge in [0.2, 0.25) is 5.91 Å². The van der Waals surface area contributed by atoms with Crippen LogP contribution in [0.2, 0.25) is 0 Å². The maximum absolute atomic E-state index is 12.4. The van der Waals surface area contributed by atoms with Crippen molar-refractivity contribution in [2.24, 2.45) is 0 Å². The van der Waals surface area contributed by atoms with E-state index in [4.69, 9.17) is 0 Å². The second kappa shape index (κ2) is 7.63. The van der Waals surface area contributed by atoms with Gasteiger partial charge in [0.1, 0.15) is 0 Å². The third-order valence-electron chi connectivity index (χ3n) is 4.69. The molecule has 0 saturated carbocycles. The Hall–Kier alpha value is -1.55. The molecule has 4 nitrogen and oxygen atoms in total. The van der Waals surface area contributed by atoms with Crippen molar-refractivity contribution in [3.05, 3.63) is 24.3 Å². The van der Waals surface area contributed by atoms with Gasteiger partial charge in [-0.3, -0.25) is 9.69 Å². The Morgan fingerprint density at radius 3 is 2.27 bits per heavy atom. The molecular weight excluding hydrogens is 274 g/mol. The SMILES string of the molecule is O=C(CN1CCCCCC1)Nc1ccccc1N1CCCC1. The molecule has 0 unspecified atom stereocenters. The van der Waals surface area contributed by atoms with Crippen molar-refractivity contribution in [3.8, 4) is 0 Å². The molecule has 3 rings (SSSR count). The van der Waals surface area contributed by atoms with Gasteiger partial charge in [-0.1, -0.05) is 25.0 Å². The van der Waals surface area contributed by atoms with Crippen molar-refractivity contribution in [1.82, 2.24) is 4.90 Å². The van der Waals surface area contributed by atoms with Crippen LogP contribution in [0.5, 0.6) is 0 Å². The van der Waals surface area contributed by atoms with E-state index in [1.165, 1.54) is 44.2 Å². The van der Waals surface area contributed by atoms with Gasteiger partial charge in [-0.15, -0.1) is 0 Å². The number of hydrogen-bond donors (Lipinski definition) is 1. The van der Waals surface area contributed by atoms with Gasteiger partial charge in [-0.25, -0.2) is 0 Å². The van der Waals surface area contributed by atoms with Crippen LogP contribution < -0.4 is 10.2 Å². The molecule has 0 radical (unpaired) electrons. The first-order chi connectivity index (χ1) is 10.8. The molecule has 0 aromatic heterocycles. The van der Waals surface area contributed by atoms with Gasteiger partial charge in [0, 0.05) is 13.1 Å². The van der Waals surface area contributed by atoms with Crippen LogP contribution in [0.3, 0.4) is 0 Å². The summed E-state index contributed by atoms with van der Waals surface area (Å²) < 4.78 is 0. The van der Waals surface area contributed by atoms with Crippen molar-refractivity contribution in [3.63, 3.8) is 0 Å². The number of rotatable bonds is 4. The van der Waals surface area contributed by atoms with Gasteiger partial charge in [0.15, 0.2) is 0 Å². The molecule has 2 aliphatic rings. The zero-order valence-electron chi connectivity index (χ0n) is 13.4. The predicted molar refractivity (Wildman–Crippen MR) is 91.4 cm³/mol. The van der Waals surface area contributed by atoms with Crippen LogP contribution in [-0.4, -0.2) is 43.5 Å². The van der Waals surface area contributed by atoms with Crippen LogP contribution >= 0.6 is 0 Å². The highest BCUT2D eigenvalue weighted by molar-refractivity contribution is 5.95. The van der Waals surface area contributed by atoms with E-state index in [9.17, 15) is 4.79 Å². The Balaban J connectivity index is 1.61. The molecule has 4 heteroatoms. The highest BCUT2D eigenvalue weighted by Crippen LogP contribution is 2.28. The molecular formula is C18H27N3O. The largest absolute Gasteiger partial charge is 0.370 e. The quantitative estimate of drug-likeness (QED) is 0.928. The Kier molecular flexibility index (Phi) is 5.33. The minimum absolute atomic E-state index is 0.119. The summed E-state index contributed by atoms with van der Waals surface area (Å²) in [6, 6.07) is 8.19. The van der Waals surface area contributed by atoms with Crippen LogP contribution in [-0.2, 0) is 4.79 Å². The molecule has 2 heterocycles. The van der Waals surface area contributed by atoms with Crippen LogP contribution in [0.15, 0.2) is 24.3 Å². The van der Waals surface area contributed by atoms with Gasteiger partial charge in [0.25, 0.3) is 0 Å². The Morgan fingerprint density at radius 2 is 1.55 bits per heavy atom. The maximum Gasteiger partial charge on any atom is 0.238 e. The van der Waals surface area contributed by atoms with Gasteiger partial charge >= 0.3 is 0 Å². The molecule has 22 heavy (non-hydrogen) atoms. The molecule has 1 N–H and O–H groups in total. The van der Waals surface area contributed by atoms with E-state index in [2.05, 4.69) is 27.2 Å². The molecule has 0 bridgehead atoms. The second-order valence-electron chi connectivity index (χ2n) is 6.45. The molecule has 2 fully saturated rings. The fourth-order valence-corrected chi connectivity index (χ4v) is 3.50. The zero-order chi connectivity index (χ0) is 15.2. The third-order valence-corrected chi connectivity index (χ3v) is 4.69. The maximum atomic E-state index is 12.4. The van der Waals surface area contributed by atoms with Crippen molar-refractivity contribution in [2.45, 2.75) is 38.5 Å². The fourth-order valence-electron chi connectivity index (χ4n) is 3.50. The van der Waals surface area contributed by atoms with E-state index in [1.54, 1.807) is 0 Å². The number of likely N-dealkylation sites (tertiary alicyclic amines) is 1. The van der Waals surface area contributed by atoms with Gasteiger partial charge in [-0.05, 0) is 50.9 Å². The van der Waals surface area contributed by atoms with Crippen LogP contribution in [0.4, 0.5) is 11.4 Å². The minimum Gasteiger partial charge on any atom is -0.370 e. The zero-order valence-corrected chi connectivity index (χ0v) is 13.4. The standard InChI is InChI=1S/C18H27N3O/c22-18(15-20-11-5-1-2-6-12-20)19-16-9-3-4-10-17(16)21-13-7-8-14-21/h3-4,9-10H,1-2,5-8,11-15H2,(H,19,22). The summed E-state index contributed by atoms with van der Waals surface area (Å²) in [6.07, 6.45) is 7.53. The fraction of sp³-hybridized carbons (Fsp3) is 0.611. The summed E-state index contributed by atoms with van der Waals surface area (Å²) in [5.41, 5.74) is 2.13. The molecule has 1 aromatic rings. The van der Waals surface area contributed by atoms with Gasteiger partial charge < -0.3 is 10.2 Å². The van der Waals surface area contributed by atoms with Crippen molar-refractivity contribution >= 4 is 17.3 Å². The summed E-state index contributed by atoms with van der Waals surface area (Å²) in [7, 11) is 0. The minimum atomic E-state index is 0.119. The number of para-hydroxylation sites is 2. The summed E-state index contributed by atoms with van der Waals surface area (Å²) >= 11 is 0. The molecule has 0 aliphatic carbocycles. The first kappa shape index (κ1) is 15.3. The normalized spacial score (nSPS) is 19.9. The molecule has 120 valence electrons. The molecule has 1 amide bonds. The molecule has 0 spiro atoms. The number of hydrogen-bond acceptors (Lipinski definition) is 3. The summed E-state index contributed by atoms with van der Waals surface area (Å²) in [4.78, 5) is 17.1. The summed E-state index contributed by atoms with van der Waals surface area (Å²) in [5.74, 6) is 0.119. The van der Waals surface area contributed by atoms with E-state index in [-0.39, 0.29) is 5.91 Å². The molecule has 2 saturated heterocycles. The van der Waals surface area contributed by atoms with Crippen molar-refractivity contribution < 1.29 is 4.79 Å². The average molecular weight is 301 g/mol. The van der Waals surface area contributed by atoms with E-state index < -0.39 is 0 Å². The Labute approximate surface area is 133 Å². The smallest absolute Gasteiger partial charge is 0.238 e. The highest BCUT2D eigenvalue weighted by atomic mass is 16.2. The van der Waals surface area contributed by atoms with Gasteiger partial charge in [0.05, 0.1) is 17.9 Å². The molecule has 2 aliphatic heterocycles.